The third kappa shape index (κ3) is 3.09. The highest BCUT2D eigenvalue weighted by Gasteiger charge is 2.23. The second kappa shape index (κ2) is 5.78. The van der Waals surface area contributed by atoms with E-state index in [2.05, 4.69) is 19.9 Å². The molecule has 0 aliphatic rings. The topological polar surface area (TPSA) is 97.0 Å². The predicted molar refractivity (Wildman–Crippen MR) is 73.1 cm³/mol. The zero-order valence-corrected chi connectivity index (χ0v) is 12.4. The van der Waals surface area contributed by atoms with Crippen LogP contribution in [0, 0.1) is 0 Å². The summed E-state index contributed by atoms with van der Waals surface area (Å²) in [5, 5.41) is 6.68. The molecule has 0 bridgehead atoms. The summed E-state index contributed by atoms with van der Waals surface area (Å²) in [5.41, 5.74) is 0. The Kier molecular flexibility index (Phi) is 4.26. The largest absolute Gasteiger partial charge is 0.495 e. The molecule has 0 saturated heterocycles. The summed E-state index contributed by atoms with van der Waals surface area (Å²) in [6.45, 7) is 1.65. The van der Waals surface area contributed by atoms with Crippen LogP contribution in [0.1, 0.15) is 18.8 Å². The van der Waals surface area contributed by atoms with Gasteiger partial charge in [-0.25, -0.2) is 18.1 Å². The SMILES string of the molecule is COc1cc(Cl)ccc1S(=O)(=O)NC(C)c1ncn[nH]1. The molecule has 0 radical (unpaired) electrons. The van der Waals surface area contributed by atoms with Gasteiger partial charge in [-0.2, -0.15) is 5.10 Å². The lowest BCUT2D eigenvalue weighted by Gasteiger charge is -2.14. The van der Waals surface area contributed by atoms with E-state index < -0.39 is 16.1 Å². The fourth-order valence-corrected chi connectivity index (χ4v) is 3.16. The third-order valence-corrected chi connectivity index (χ3v) is 4.41. The first-order valence-corrected chi connectivity index (χ1v) is 7.51. The number of rotatable bonds is 5. The number of nitrogens with zero attached hydrogens (tertiary/aromatic N) is 2. The molecule has 2 rings (SSSR count). The Hall–Kier alpha value is -1.64. The Morgan fingerprint density at radius 3 is 2.80 bits per heavy atom. The summed E-state index contributed by atoms with van der Waals surface area (Å²) in [6, 6.07) is 3.76. The summed E-state index contributed by atoms with van der Waals surface area (Å²) in [4.78, 5) is 3.91. The minimum Gasteiger partial charge on any atom is -0.495 e. The smallest absolute Gasteiger partial charge is 0.244 e. The van der Waals surface area contributed by atoms with Crippen molar-refractivity contribution in [1.29, 1.82) is 0 Å². The summed E-state index contributed by atoms with van der Waals surface area (Å²) < 4.78 is 32.2. The second-order valence-corrected chi connectivity index (χ2v) is 6.13. The van der Waals surface area contributed by atoms with Gasteiger partial charge in [-0.3, -0.25) is 5.10 Å². The maximum absolute atomic E-state index is 12.3. The number of halogens is 1. The Morgan fingerprint density at radius 2 is 2.20 bits per heavy atom. The Morgan fingerprint density at radius 1 is 1.45 bits per heavy atom. The number of aromatic amines is 1. The quantitative estimate of drug-likeness (QED) is 0.871. The number of ether oxygens (including phenoxy) is 1. The van der Waals surface area contributed by atoms with Gasteiger partial charge in [0.1, 0.15) is 22.8 Å². The maximum Gasteiger partial charge on any atom is 0.244 e. The van der Waals surface area contributed by atoms with Gasteiger partial charge in [0.15, 0.2) is 0 Å². The summed E-state index contributed by atoms with van der Waals surface area (Å²) in [6.07, 6.45) is 1.31. The van der Waals surface area contributed by atoms with Crippen LogP contribution in [0.3, 0.4) is 0 Å². The standard InChI is InChI=1S/C11H13ClN4O3S/c1-7(11-13-6-14-15-11)16-20(17,18)10-4-3-8(12)5-9(10)19-2/h3-7,16H,1-2H3,(H,13,14,15). The van der Waals surface area contributed by atoms with Gasteiger partial charge in [-0.15, -0.1) is 0 Å². The molecular formula is C11H13ClN4O3S. The molecule has 20 heavy (non-hydrogen) atoms. The molecule has 0 aliphatic heterocycles. The highest BCUT2D eigenvalue weighted by molar-refractivity contribution is 7.89. The van der Waals surface area contributed by atoms with Crippen LogP contribution < -0.4 is 9.46 Å². The van der Waals surface area contributed by atoms with Crippen molar-refractivity contribution in [3.8, 4) is 5.75 Å². The normalized spacial score (nSPS) is 13.2. The molecule has 1 heterocycles. The number of nitrogens with one attached hydrogen (secondary N) is 2. The Bertz CT molecular complexity index is 688. The number of sulfonamides is 1. The lowest BCUT2D eigenvalue weighted by molar-refractivity contribution is 0.402. The molecule has 0 aliphatic carbocycles. The molecule has 1 unspecified atom stereocenters. The molecule has 7 nitrogen and oxygen atoms in total. The van der Waals surface area contributed by atoms with Gasteiger partial charge in [0, 0.05) is 11.1 Å². The van der Waals surface area contributed by atoms with Crippen molar-refractivity contribution in [3.63, 3.8) is 0 Å². The number of hydrogen-bond donors (Lipinski definition) is 2. The predicted octanol–water partition coefficient (Wildman–Crippen LogP) is 1.51. The molecule has 9 heteroatoms. The monoisotopic (exact) mass is 316 g/mol. The number of methoxy groups -OCH3 is 1. The minimum atomic E-state index is -3.77. The zero-order valence-electron chi connectivity index (χ0n) is 10.8. The van der Waals surface area contributed by atoms with Crippen molar-refractivity contribution in [1.82, 2.24) is 19.9 Å². The first kappa shape index (κ1) is 14.8. The van der Waals surface area contributed by atoms with E-state index in [1.165, 1.54) is 31.6 Å². The molecule has 108 valence electrons. The van der Waals surface area contributed by atoms with E-state index >= 15 is 0 Å². The Balaban J connectivity index is 2.31. The highest BCUT2D eigenvalue weighted by atomic mass is 35.5. The summed E-state index contributed by atoms with van der Waals surface area (Å²) in [5.74, 6) is 0.594. The van der Waals surface area contributed by atoms with Crippen molar-refractivity contribution in [2.75, 3.05) is 7.11 Å². The minimum absolute atomic E-state index is 0.00997. The van der Waals surface area contributed by atoms with Crippen LogP contribution in [-0.4, -0.2) is 30.7 Å². The molecule has 0 fully saturated rings. The average Bonchev–Trinajstić information content (AvgIpc) is 2.91. The number of aromatic nitrogens is 3. The average molecular weight is 317 g/mol. The molecule has 1 aromatic heterocycles. The molecule has 0 amide bonds. The number of hydrogen-bond acceptors (Lipinski definition) is 5. The lowest BCUT2D eigenvalue weighted by atomic mass is 10.3. The van der Waals surface area contributed by atoms with Crippen LogP contribution in [-0.2, 0) is 10.0 Å². The van der Waals surface area contributed by atoms with Crippen LogP contribution in [0.15, 0.2) is 29.4 Å². The van der Waals surface area contributed by atoms with Crippen molar-refractivity contribution < 1.29 is 13.2 Å². The van der Waals surface area contributed by atoms with Crippen LogP contribution in [0.4, 0.5) is 0 Å². The number of benzene rings is 1. The van der Waals surface area contributed by atoms with E-state index in [4.69, 9.17) is 16.3 Å². The first-order chi connectivity index (χ1) is 9.44. The summed E-state index contributed by atoms with van der Waals surface area (Å²) in [7, 11) is -2.39. The van der Waals surface area contributed by atoms with Crippen LogP contribution in [0.25, 0.3) is 0 Å². The van der Waals surface area contributed by atoms with Crippen molar-refractivity contribution in [2.45, 2.75) is 17.9 Å². The Labute approximate surface area is 121 Å². The van der Waals surface area contributed by atoms with Crippen LogP contribution in [0.5, 0.6) is 5.75 Å². The third-order valence-electron chi connectivity index (χ3n) is 2.59. The number of H-pyrrole nitrogens is 1. The molecule has 2 aromatic rings. The fraction of sp³-hybridized carbons (Fsp3) is 0.273. The van der Waals surface area contributed by atoms with Gasteiger partial charge in [-0.05, 0) is 19.1 Å². The van der Waals surface area contributed by atoms with Gasteiger partial charge in [0.05, 0.1) is 13.2 Å². The molecule has 1 atom stereocenters. The molecule has 2 N–H and O–H groups in total. The van der Waals surface area contributed by atoms with Crippen LogP contribution in [0.2, 0.25) is 5.02 Å². The molecular weight excluding hydrogens is 304 g/mol. The second-order valence-electron chi connectivity index (χ2n) is 4.01. The van der Waals surface area contributed by atoms with Crippen molar-refractivity contribution in [2.24, 2.45) is 0 Å². The van der Waals surface area contributed by atoms with Crippen molar-refractivity contribution >= 4 is 21.6 Å². The first-order valence-electron chi connectivity index (χ1n) is 5.65. The van der Waals surface area contributed by atoms with Crippen LogP contribution >= 0.6 is 11.6 Å². The van der Waals surface area contributed by atoms with Gasteiger partial charge >= 0.3 is 0 Å². The molecule has 0 saturated carbocycles. The van der Waals surface area contributed by atoms with E-state index in [9.17, 15) is 8.42 Å². The highest BCUT2D eigenvalue weighted by Crippen LogP contribution is 2.27. The lowest BCUT2D eigenvalue weighted by Crippen LogP contribution is -2.28. The maximum atomic E-state index is 12.3. The van der Waals surface area contributed by atoms with E-state index in [0.717, 1.165) is 0 Å². The molecule has 1 aromatic carbocycles. The van der Waals surface area contributed by atoms with Gasteiger partial charge in [-0.1, -0.05) is 11.6 Å². The van der Waals surface area contributed by atoms with E-state index in [1.54, 1.807) is 6.92 Å². The van der Waals surface area contributed by atoms with Gasteiger partial charge in [0.25, 0.3) is 0 Å². The van der Waals surface area contributed by atoms with Gasteiger partial charge < -0.3 is 4.74 Å². The fourth-order valence-electron chi connectivity index (χ4n) is 1.64. The van der Waals surface area contributed by atoms with Crippen molar-refractivity contribution in [3.05, 3.63) is 35.4 Å². The van der Waals surface area contributed by atoms with E-state index in [1.807, 2.05) is 0 Å². The van der Waals surface area contributed by atoms with E-state index in [-0.39, 0.29) is 10.6 Å². The van der Waals surface area contributed by atoms with Gasteiger partial charge in [0.2, 0.25) is 10.0 Å². The molecule has 0 spiro atoms. The summed E-state index contributed by atoms with van der Waals surface area (Å²) >= 11 is 5.81. The van der Waals surface area contributed by atoms with E-state index in [0.29, 0.717) is 10.8 Å². The zero-order chi connectivity index (χ0) is 14.8.